The van der Waals surface area contributed by atoms with E-state index in [-0.39, 0.29) is 17.7 Å². The lowest BCUT2D eigenvalue weighted by molar-refractivity contribution is -0.116. The maximum absolute atomic E-state index is 12.8. The van der Waals surface area contributed by atoms with Crippen molar-refractivity contribution >= 4 is 33.8 Å². The molecule has 1 atom stereocenters. The van der Waals surface area contributed by atoms with Gasteiger partial charge in [0, 0.05) is 18.0 Å². The first kappa shape index (κ1) is 18.0. The van der Waals surface area contributed by atoms with Crippen LogP contribution in [0.5, 0.6) is 0 Å². The van der Waals surface area contributed by atoms with Crippen LogP contribution in [0.4, 0.5) is 10.7 Å². The lowest BCUT2D eigenvalue weighted by atomic mass is 9.84. The van der Waals surface area contributed by atoms with E-state index in [9.17, 15) is 9.59 Å². The molecular weight excluding hydrogens is 370 g/mol. The Morgan fingerprint density at radius 2 is 1.89 bits per heavy atom. The molecule has 4 rings (SSSR count). The second-order valence-electron chi connectivity index (χ2n) is 6.66. The van der Waals surface area contributed by atoms with E-state index in [1.807, 2.05) is 49.4 Å². The number of amides is 2. The number of para-hydroxylation sites is 1. The second kappa shape index (κ2) is 7.29. The quantitative estimate of drug-likeness (QED) is 0.686. The minimum absolute atomic E-state index is 0.0712. The lowest BCUT2D eigenvalue weighted by Gasteiger charge is -2.24. The van der Waals surface area contributed by atoms with E-state index in [1.54, 1.807) is 12.1 Å². The number of nitriles is 1. The molecule has 0 saturated carbocycles. The van der Waals surface area contributed by atoms with E-state index >= 15 is 0 Å². The minimum Gasteiger partial charge on any atom is -0.321 e. The van der Waals surface area contributed by atoms with E-state index in [0.717, 1.165) is 27.4 Å². The number of benzene rings is 2. The van der Waals surface area contributed by atoms with Crippen molar-refractivity contribution < 1.29 is 9.59 Å². The standard InChI is InChI=1S/C22H17N3O2S/c1-13-19-17(15-9-7-14(12-23)8-10-15)11-18(26)25-22(19)28-20(13)21(27)24-16-5-3-2-4-6-16/h2-10,17H,11H2,1H3,(H,24,27)(H,25,26)/t17-/m1/s1. The van der Waals surface area contributed by atoms with Gasteiger partial charge < -0.3 is 10.6 Å². The molecule has 2 aromatic carbocycles. The molecule has 0 radical (unpaired) electrons. The van der Waals surface area contributed by atoms with Gasteiger partial charge in [-0.05, 0) is 47.9 Å². The molecule has 6 heteroatoms. The molecular formula is C22H17N3O2S. The summed E-state index contributed by atoms with van der Waals surface area (Å²) in [5.74, 6) is -0.389. The van der Waals surface area contributed by atoms with Crippen molar-refractivity contribution in [2.24, 2.45) is 0 Å². The highest BCUT2D eigenvalue weighted by molar-refractivity contribution is 7.18. The van der Waals surface area contributed by atoms with Crippen LogP contribution in [0.3, 0.4) is 0 Å². The zero-order valence-electron chi connectivity index (χ0n) is 15.2. The van der Waals surface area contributed by atoms with Crippen molar-refractivity contribution in [2.45, 2.75) is 19.3 Å². The summed E-state index contributed by atoms with van der Waals surface area (Å²) in [7, 11) is 0. The number of carbonyl (C=O) groups excluding carboxylic acids is 2. The lowest BCUT2D eigenvalue weighted by Crippen LogP contribution is -2.22. The van der Waals surface area contributed by atoms with E-state index in [4.69, 9.17) is 5.26 Å². The molecule has 0 fully saturated rings. The van der Waals surface area contributed by atoms with E-state index < -0.39 is 0 Å². The first-order chi connectivity index (χ1) is 13.6. The minimum atomic E-state index is -0.184. The fourth-order valence-electron chi connectivity index (χ4n) is 3.50. The Balaban J connectivity index is 1.71. The second-order valence-corrected chi connectivity index (χ2v) is 7.68. The van der Waals surface area contributed by atoms with Gasteiger partial charge in [-0.1, -0.05) is 30.3 Å². The Morgan fingerprint density at radius 1 is 1.18 bits per heavy atom. The number of carbonyl (C=O) groups is 2. The van der Waals surface area contributed by atoms with Crippen LogP contribution in [-0.2, 0) is 4.79 Å². The van der Waals surface area contributed by atoms with Crippen molar-refractivity contribution in [1.82, 2.24) is 0 Å². The summed E-state index contributed by atoms with van der Waals surface area (Å²) >= 11 is 1.30. The van der Waals surface area contributed by atoms with Crippen LogP contribution in [0.1, 0.15) is 44.3 Å². The molecule has 0 saturated heterocycles. The Hall–Kier alpha value is -3.43. The van der Waals surface area contributed by atoms with Crippen molar-refractivity contribution in [2.75, 3.05) is 10.6 Å². The molecule has 0 unspecified atom stereocenters. The number of anilines is 2. The third kappa shape index (κ3) is 3.28. The molecule has 0 bridgehead atoms. The third-order valence-electron chi connectivity index (χ3n) is 4.86. The molecule has 3 aromatic rings. The Kier molecular flexibility index (Phi) is 4.68. The van der Waals surface area contributed by atoms with Crippen LogP contribution >= 0.6 is 11.3 Å². The van der Waals surface area contributed by atoms with Crippen LogP contribution < -0.4 is 10.6 Å². The summed E-state index contributed by atoms with van der Waals surface area (Å²) in [4.78, 5) is 25.7. The number of hydrogen-bond acceptors (Lipinski definition) is 4. The zero-order valence-corrected chi connectivity index (χ0v) is 16.0. The van der Waals surface area contributed by atoms with E-state index in [1.165, 1.54) is 11.3 Å². The Labute approximate surface area is 166 Å². The number of thiophene rings is 1. The largest absolute Gasteiger partial charge is 0.321 e. The molecule has 1 aliphatic rings. The molecule has 0 spiro atoms. The van der Waals surface area contributed by atoms with E-state index in [2.05, 4.69) is 16.7 Å². The highest BCUT2D eigenvalue weighted by atomic mass is 32.1. The maximum atomic E-state index is 12.8. The van der Waals surface area contributed by atoms with Crippen LogP contribution in [0.25, 0.3) is 0 Å². The summed E-state index contributed by atoms with van der Waals surface area (Å²) in [6.07, 6.45) is 0.316. The number of fused-ring (bicyclic) bond motifs is 1. The number of nitrogens with zero attached hydrogens (tertiary/aromatic N) is 1. The Morgan fingerprint density at radius 3 is 2.57 bits per heavy atom. The fraction of sp³-hybridized carbons (Fsp3) is 0.136. The molecule has 1 aromatic heterocycles. The predicted octanol–water partition coefficient (Wildman–Crippen LogP) is 4.65. The van der Waals surface area contributed by atoms with Crippen LogP contribution in [-0.4, -0.2) is 11.8 Å². The van der Waals surface area contributed by atoms with Gasteiger partial charge in [0.25, 0.3) is 5.91 Å². The van der Waals surface area contributed by atoms with Gasteiger partial charge in [0.1, 0.15) is 0 Å². The molecule has 2 N–H and O–H groups in total. The van der Waals surface area contributed by atoms with Gasteiger partial charge in [0.15, 0.2) is 0 Å². The van der Waals surface area contributed by atoms with Crippen LogP contribution in [0.2, 0.25) is 0 Å². The van der Waals surface area contributed by atoms with Gasteiger partial charge in [0.05, 0.1) is 21.5 Å². The summed E-state index contributed by atoms with van der Waals surface area (Å²) in [6.45, 7) is 1.92. The summed E-state index contributed by atoms with van der Waals surface area (Å²) in [5, 5.41) is 15.6. The Bertz CT molecular complexity index is 1100. The summed E-state index contributed by atoms with van der Waals surface area (Å²) in [5.41, 5.74) is 4.13. The smallest absolute Gasteiger partial charge is 0.266 e. The van der Waals surface area contributed by atoms with Gasteiger partial charge in [-0.2, -0.15) is 5.26 Å². The monoisotopic (exact) mass is 387 g/mol. The average molecular weight is 387 g/mol. The molecule has 0 aliphatic carbocycles. The van der Waals surface area contributed by atoms with Crippen molar-refractivity contribution in [1.29, 1.82) is 5.26 Å². The topological polar surface area (TPSA) is 82.0 Å². The zero-order chi connectivity index (χ0) is 19.7. The molecule has 2 heterocycles. The normalized spacial score (nSPS) is 15.3. The fourth-order valence-corrected chi connectivity index (χ4v) is 4.69. The van der Waals surface area contributed by atoms with Crippen molar-refractivity contribution in [3.05, 3.63) is 81.7 Å². The van der Waals surface area contributed by atoms with Gasteiger partial charge in [0.2, 0.25) is 5.91 Å². The highest BCUT2D eigenvalue weighted by Crippen LogP contribution is 2.45. The SMILES string of the molecule is Cc1c(C(=O)Nc2ccccc2)sc2c1[C@@H](c1ccc(C#N)cc1)CC(=O)N2. The maximum Gasteiger partial charge on any atom is 0.266 e. The molecule has 138 valence electrons. The van der Waals surface area contributed by atoms with Gasteiger partial charge in [-0.3, -0.25) is 9.59 Å². The van der Waals surface area contributed by atoms with Gasteiger partial charge >= 0.3 is 0 Å². The first-order valence-electron chi connectivity index (χ1n) is 8.86. The highest BCUT2D eigenvalue weighted by Gasteiger charge is 2.32. The van der Waals surface area contributed by atoms with Crippen LogP contribution in [0.15, 0.2) is 54.6 Å². The predicted molar refractivity (Wildman–Crippen MR) is 110 cm³/mol. The summed E-state index contributed by atoms with van der Waals surface area (Å²) in [6, 6.07) is 18.7. The number of nitrogens with one attached hydrogen (secondary N) is 2. The molecule has 28 heavy (non-hydrogen) atoms. The summed E-state index contributed by atoms with van der Waals surface area (Å²) < 4.78 is 0. The van der Waals surface area contributed by atoms with Gasteiger partial charge in [-0.25, -0.2) is 0 Å². The average Bonchev–Trinajstić information content (AvgIpc) is 3.04. The third-order valence-corrected chi connectivity index (χ3v) is 6.09. The van der Waals surface area contributed by atoms with Crippen molar-refractivity contribution in [3.63, 3.8) is 0 Å². The molecule has 2 amide bonds. The van der Waals surface area contributed by atoms with Crippen LogP contribution in [0, 0.1) is 18.3 Å². The number of rotatable bonds is 3. The molecule has 5 nitrogen and oxygen atoms in total. The first-order valence-corrected chi connectivity index (χ1v) is 9.68. The van der Waals surface area contributed by atoms with Crippen molar-refractivity contribution in [3.8, 4) is 6.07 Å². The van der Waals surface area contributed by atoms with E-state index in [0.29, 0.717) is 16.9 Å². The molecule has 1 aliphatic heterocycles. The number of hydrogen-bond donors (Lipinski definition) is 2. The van der Waals surface area contributed by atoms with Gasteiger partial charge in [-0.15, -0.1) is 11.3 Å².